The highest BCUT2D eigenvalue weighted by atomic mass is 79.9. The van der Waals surface area contributed by atoms with Crippen molar-refractivity contribution in [2.45, 2.75) is 75.0 Å². The molecule has 122 valence electrons. The third-order valence-electron chi connectivity index (χ3n) is 6.59. The number of rotatable bonds is 4. The number of hydrogen-bond donors (Lipinski definition) is 1. The highest BCUT2D eigenvalue weighted by Crippen LogP contribution is 2.64. The molecule has 1 N–H and O–H groups in total. The summed E-state index contributed by atoms with van der Waals surface area (Å²) in [6.07, 6.45) is 15.9. The Kier molecular flexibility index (Phi) is 3.91. The molecular formula is C19H28BrNO. The third kappa shape index (κ3) is 2.79. The number of nitrogens with one attached hydrogen (secondary N) is 1. The molecule has 0 aromatic rings. The highest BCUT2D eigenvalue weighted by molar-refractivity contribution is 9.10. The Morgan fingerprint density at radius 1 is 1.23 bits per heavy atom. The number of carbonyl (C=O) groups excluding carboxylic acids is 1. The number of amides is 1. The summed E-state index contributed by atoms with van der Waals surface area (Å²) < 4.78 is 0.278. The van der Waals surface area contributed by atoms with Crippen LogP contribution in [0.15, 0.2) is 11.6 Å². The molecule has 1 amide bonds. The molecule has 4 saturated carbocycles. The molecule has 3 heteroatoms. The van der Waals surface area contributed by atoms with Gasteiger partial charge in [0, 0.05) is 10.9 Å². The van der Waals surface area contributed by atoms with E-state index in [0.29, 0.717) is 5.91 Å². The zero-order valence-corrected chi connectivity index (χ0v) is 15.1. The van der Waals surface area contributed by atoms with Crippen LogP contribution >= 0.6 is 15.9 Å². The third-order valence-corrected chi connectivity index (χ3v) is 7.52. The number of hydrogen-bond acceptors (Lipinski definition) is 1. The number of allylic oxidation sites excluding steroid dienone is 1. The van der Waals surface area contributed by atoms with Crippen molar-refractivity contribution >= 4 is 21.8 Å². The van der Waals surface area contributed by atoms with Crippen molar-refractivity contribution in [3.05, 3.63) is 11.6 Å². The summed E-state index contributed by atoms with van der Waals surface area (Å²) in [6, 6.07) is 0. The van der Waals surface area contributed by atoms with Crippen molar-refractivity contribution < 1.29 is 4.79 Å². The van der Waals surface area contributed by atoms with E-state index in [2.05, 4.69) is 27.3 Å². The van der Waals surface area contributed by atoms with Crippen molar-refractivity contribution in [3.63, 3.8) is 0 Å². The van der Waals surface area contributed by atoms with Gasteiger partial charge >= 0.3 is 0 Å². The molecule has 0 aromatic carbocycles. The molecule has 4 fully saturated rings. The number of halogens is 1. The van der Waals surface area contributed by atoms with E-state index in [1.165, 1.54) is 44.9 Å². The average molecular weight is 366 g/mol. The summed E-state index contributed by atoms with van der Waals surface area (Å²) in [5, 5.41) is 3.30. The van der Waals surface area contributed by atoms with Gasteiger partial charge in [0.2, 0.25) is 5.91 Å². The van der Waals surface area contributed by atoms with Crippen LogP contribution in [0.25, 0.3) is 0 Å². The molecule has 2 unspecified atom stereocenters. The fraction of sp³-hybridized carbons (Fsp3) is 0.842. The van der Waals surface area contributed by atoms with Crippen LogP contribution in [0.4, 0.5) is 0 Å². The first-order chi connectivity index (χ1) is 10.6. The van der Waals surface area contributed by atoms with Crippen molar-refractivity contribution in [2.75, 3.05) is 6.54 Å². The van der Waals surface area contributed by atoms with E-state index in [0.717, 1.165) is 44.1 Å². The molecular weight excluding hydrogens is 338 g/mol. The maximum Gasteiger partial charge on any atom is 0.226 e. The summed E-state index contributed by atoms with van der Waals surface area (Å²) >= 11 is 4.00. The van der Waals surface area contributed by atoms with Crippen LogP contribution in [0.3, 0.4) is 0 Å². The Morgan fingerprint density at radius 2 is 2.00 bits per heavy atom. The Hall–Kier alpha value is -0.310. The Morgan fingerprint density at radius 3 is 2.64 bits per heavy atom. The zero-order chi connectivity index (χ0) is 15.2. The molecule has 0 aliphatic heterocycles. The van der Waals surface area contributed by atoms with E-state index in [9.17, 15) is 4.79 Å². The lowest BCUT2D eigenvalue weighted by atomic mass is 9.49. The topological polar surface area (TPSA) is 29.1 Å². The van der Waals surface area contributed by atoms with E-state index in [1.807, 2.05) is 0 Å². The largest absolute Gasteiger partial charge is 0.355 e. The summed E-state index contributed by atoms with van der Waals surface area (Å²) in [6.45, 7) is 0.844. The predicted molar refractivity (Wildman–Crippen MR) is 93.0 cm³/mol. The molecule has 22 heavy (non-hydrogen) atoms. The van der Waals surface area contributed by atoms with Crippen molar-refractivity contribution in [3.8, 4) is 0 Å². The Bertz CT molecular complexity index is 484. The van der Waals surface area contributed by atoms with Crippen molar-refractivity contribution in [2.24, 2.45) is 17.3 Å². The van der Waals surface area contributed by atoms with Crippen LogP contribution in [0.1, 0.15) is 70.6 Å². The second kappa shape index (κ2) is 5.65. The van der Waals surface area contributed by atoms with Gasteiger partial charge in [-0.2, -0.15) is 0 Å². The number of carbonyl (C=O) groups is 1. The van der Waals surface area contributed by atoms with Gasteiger partial charge in [0.1, 0.15) is 0 Å². The van der Waals surface area contributed by atoms with Crippen molar-refractivity contribution in [1.29, 1.82) is 0 Å². The van der Waals surface area contributed by atoms with Gasteiger partial charge in [-0.3, -0.25) is 4.79 Å². The summed E-state index contributed by atoms with van der Waals surface area (Å²) in [4.78, 5) is 12.9. The Balaban J connectivity index is 1.37. The van der Waals surface area contributed by atoms with Crippen LogP contribution < -0.4 is 5.32 Å². The monoisotopic (exact) mass is 365 g/mol. The van der Waals surface area contributed by atoms with E-state index < -0.39 is 0 Å². The minimum Gasteiger partial charge on any atom is -0.355 e. The maximum absolute atomic E-state index is 12.9. The molecule has 0 spiro atoms. The van der Waals surface area contributed by atoms with Gasteiger partial charge in [-0.1, -0.05) is 27.6 Å². The lowest BCUT2D eigenvalue weighted by Crippen LogP contribution is -2.58. The van der Waals surface area contributed by atoms with Crippen LogP contribution in [-0.4, -0.2) is 16.8 Å². The van der Waals surface area contributed by atoms with Crippen LogP contribution in [-0.2, 0) is 4.79 Å². The first-order valence-corrected chi connectivity index (χ1v) is 10.0. The Labute approximate surface area is 142 Å². The minimum atomic E-state index is -0.0471. The van der Waals surface area contributed by atoms with Gasteiger partial charge in [0.05, 0.1) is 5.41 Å². The van der Waals surface area contributed by atoms with E-state index >= 15 is 0 Å². The van der Waals surface area contributed by atoms with Gasteiger partial charge < -0.3 is 5.32 Å². The quantitative estimate of drug-likeness (QED) is 0.566. The van der Waals surface area contributed by atoms with Gasteiger partial charge in [0.25, 0.3) is 0 Å². The molecule has 4 bridgehead atoms. The molecule has 0 heterocycles. The lowest BCUT2D eigenvalue weighted by molar-refractivity contribution is -0.143. The van der Waals surface area contributed by atoms with Crippen molar-refractivity contribution in [1.82, 2.24) is 5.32 Å². The van der Waals surface area contributed by atoms with E-state index in [4.69, 9.17) is 0 Å². The molecule has 0 radical (unpaired) electrons. The normalized spacial score (nSPS) is 43.0. The average Bonchev–Trinajstić information content (AvgIpc) is 2.45. The van der Waals surface area contributed by atoms with Gasteiger partial charge in [-0.15, -0.1) is 0 Å². The molecule has 5 rings (SSSR count). The summed E-state index contributed by atoms with van der Waals surface area (Å²) in [5.74, 6) is 1.93. The number of alkyl halides is 1. The first-order valence-electron chi connectivity index (χ1n) is 9.22. The summed E-state index contributed by atoms with van der Waals surface area (Å²) in [7, 11) is 0. The van der Waals surface area contributed by atoms with Crippen LogP contribution in [0, 0.1) is 17.3 Å². The second-order valence-corrected chi connectivity index (χ2v) is 10.2. The van der Waals surface area contributed by atoms with Gasteiger partial charge in [-0.05, 0) is 82.5 Å². The van der Waals surface area contributed by atoms with Crippen LogP contribution in [0.5, 0.6) is 0 Å². The first kappa shape index (κ1) is 15.2. The zero-order valence-electron chi connectivity index (χ0n) is 13.5. The SMILES string of the molecule is O=C(NCCC1=CCCCC1)C12CC3CC(CC(Br)(C3)C1)C2. The molecule has 2 atom stereocenters. The van der Waals surface area contributed by atoms with Gasteiger partial charge in [-0.25, -0.2) is 0 Å². The lowest BCUT2D eigenvalue weighted by Gasteiger charge is -2.59. The standard InChI is InChI=1S/C19H28BrNO/c20-19-11-15-8-16(12-19)10-18(9-15,13-19)17(22)21-7-6-14-4-2-1-3-5-14/h4,15-16H,1-3,5-13H2,(H,21,22). The molecule has 5 aliphatic rings. The van der Waals surface area contributed by atoms with Gasteiger partial charge in [0.15, 0.2) is 0 Å². The maximum atomic E-state index is 12.9. The summed E-state index contributed by atoms with van der Waals surface area (Å²) in [5.41, 5.74) is 1.52. The smallest absolute Gasteiger partial charge is 0.226 e. The minimum absolute atomic E-state index is 0.0471. The van der Waals surface area contributed by atoms with E-state index in [1.54, 1.807) is 5.57 Å². The molecule has 0 aromatic heterocycles. The molecule has 5 aliphatic carbocycles. The fourth-order valence-corrected chi connectivity index (χ4v) is 7.52. The highest BCUT2D eigenvalue weighted by Gasteiger charge is 2.59. The molecule has 2 nitrogen and oxygen atoms in total. The van der Waals surface area contributed by atoms with Crippen LogP contribution in [0.2, 0.25) is 0 Å². The fourth-order valence-electron chi connectivity index (χ4n) is 6.07. The molecule has 0 saturated heterocycles. The van der Waals surface area contributed by atoms with E-state index in [-0.39, 0.29) is 9.74 Å². The predicted octanol–water partition coefficient (Wildman–Crippen LogP) is 4.73. The second-order valence-electron chi connectivity index (χ2n) is 8.51.